The number of anilines is 2. The molecule has 12 heteroatoms. The molecule has 0 unspecified atom stereocenters. The number of hydrogen-bond acceptors (Lipinski definition) is 8. The summed E-state index contributed by atoms with van der Waals surface area (Å²) in [5.41, 5.74) is 5.14. The fourth-order valence-corrected chi connectivity index (χ4v) is 4.17. The first kappa shape index (κ1) is 27.4. The molecule has 1 amide bonds. The van der Waals surface area contributed by atoms with Crippen LogP contribution in [0.4, 0.5) is 24.8 Å². The molecule has 39 heavy (non-hydrogen) atoms. The van der Waals surface area contributed by atoms with Gasteiger partial charge in [-0.3, -0.25) is 4.79 Å². The predicted octanol–water partition coefficient (Wildman–Crippen LogP) is 4.38. The van der Waals surface area contributed by atoms with E-state index in [1.165, 1.54) is 23.4 Å². The molecule has 3 aromatic rings. The third-order valence-corrected chi connectivity index (χ3v) is 6.38. The summed E-state index contributed by atoms with van der Waals surface area (Å²) in [7, 11) is 0. The second kappa shape index (κ2) is 11.0. The number of hydrogen-bond donors (Lipinski definition) is 3. The number of rotatable bonds is 7. The number of carbonyl (C=O) groups is 1. The maximum Gasteiger partial charge on any atom is 0.416 e. The number of nitrogen functional groups attached to an aromatic ring is 1. The number of nitrogens with one attached hydrogen (secondary N) is 1. The lowest BCUT2D eigenvalue weighted by Gasteiger charge is -2.38. The Hall–Kier alpha value is -4.63. The standard InChI is InChI=1S/C27H25F3N6O3/c1-17(14-31)25(37)36-11-9-26(38,10-12-36)15-33-24-22(23(32)34-16-35-24)18-5-7-20(8-6-18)39-21-4-2-3-19(13-21)27(28,29)30/h2-8,13,16,38H,1,9-12,15H2,(H3,32,33,34,35). The maximum atomic E-state index is 13.0. The monoisotopic (exact) mass is 538 g/mol. The lowest BCUT2D eigenvalue weighted by Crippen LogP contribution is -2.50. The normalized spacial score (nSPS) is 14.8. The molecule has 4 N–H and O–H groups in total. The van der Waals surface area contributed by atoms with Crippen molar-refractivity contribution < 1.29 is 27.8 Å². The van der Waals surface area contributed by atoms with Crippen LogP contribution in [0.5, 0.6) is 11.5 Å². The van der Waals surface area contributed by atoms with Crippen molar-refractivity contribution in [1.82, 2.24) is 14.9 Å². The van der Waals surface area contributed by atoms with Crippen LogP contribution < -0.4 is 15.8 Å². The molecule has 9 nitrogen and oxygen atoms in total. The zero-order chi connectivity index (χ0) is 28.2. The molecule has 4 rings (SSSR count). The van der Waals surface area contributed by atoms with Crippen molar-refractivity contribution in [3.63, 3.8) is 0 Å². The maximum absolute atomic E-state index is 13.0. The Kier molecular flexibility index (Phi) is 7.73. The minimum atomic E-state index is -4.48. The average molecular weight is 539 g/mol. The Balaban J connectivity index is 1.45. The number of halogens is 3. The van der Waals surface area contributed by atoms with Gasteiger partial charge < -0.3 is 25.8 Å². The Labute approximate surface area is 222 Å². The van der Waals surface area contributed by atoms with E-state index in [-0.39, 0.29) is 49.6 Å². The molecule has 1 aliphatic heterocycles. The van der Waals surface area contributed by atoms with Crippen LogP contribution in [0.2, 0.25) is 0 Å². The van der Waals surface area contributed by atoms with Crippen LogP contribution in [0.3, 0.4) is 0 Å². The summed E-state index contributed by atoms with van der Waals surface area (Å²) in [4.78, 5) is 22.0. The van der Waals surface area contributed by atoms with E-state index < -0.39 is 23.2 Å². The lowest BCUT2D eigenvalue weighted by atomic mass is 9.91. The van der Waals surface area contributed by atoms with Crippen LogP contribution in [-0.4, -0.2) is 51.1 Å². The van der Waals surface area contributed by atoms with Gasteiger partial charge in [-0.25, -0.2) is 9.97 Å². The van der Waals surface area contributed by atoms with E-state index in [2.05, 4.69) is 21.9 Å². The van der Waals surface area contributed by atoms with Gasteiger partial charge in [-0.1, -0.05) is 24.8 Å². The first-order valence-electron chi connectivity index (χ1n) is 11.9. The van der Waals surface area contributed by atoms with Crippen molar-refractivity contribution in [2.24, 2.45) is 0 Å². The van der Waals surface area contributed by atoms with Gasteiger partial charge in [0.1, 0.15) is 41.1 Å². The molecule has 1 aliphatic rings. The van der Waals surface area contributed by atoms with Gasteiger partial charge in [-0.2, -0.15) is 18.4 Å². The molecule has 0 bridgehead atoms. The first-order valence-corrected chi connectivity index (χ1v) is 11.9. The van der Waals surface area contributed by atoms with E-state index >= 15 is 0 Å². The average Bonchev–Trinajstić information content (AvgIpc) is 2.92. The zero-order valence-corrected chi connectivity index (χ0v) is 20.7. The molecule has 0 atom stereocenters. The molecule has 1 fully saturated rings. The van der Waals surface area contributed by atoms with Gasteiger partial charge in [-0.15, -0.1) is 0 Å². The number of aliphatic hydroxyl groups is 1. The van der Waals surface area contributed by atoms with Gasteiger partial charge in [0.2, 0.25) is 0 Å². The second-order valence-electron chi connectivity index (χ2n) is 9.09. The molecule has 0 radical (unpaired) electrons. The fraction of sp³-hybridized carbons (Fsp3) is 0.259. The summed E-state index contributed by atoms with van der Waals surface area (Å²) in [6.07, 6.45) is -2.64. The Morgan fingerprint density at radius 1 is 1.18 bits per heavy atom. The Morgan fingerprint density at radius 3 is 2.51 bits per heavy atom. The van der Waals surface area contributed by atoms with Crippen molar-refractivity contribution in [3.05, 3.63) is 72.6 Å². The van der Waals surface area contributed by atoms with E-state index in [0.717, 1.165) is 12.1 Å². The van der Waals surface area contributed by atoms with Crippen molar-refractivity contribution in [2.45, 2.75) is 24.6 Å². The number of piperidine rings is 1. The van der Waals surface area contributed by atoms with E-state index in [1.54, 1.807) is 30.3 Å². The van der Waals surface area contributed by atoms with Gasteiger partial charge in [0, 0.05) is 19.6 Å². The summed E-state index contributed by atoms with van der Waals surface area (Å²) in [5.74, 6) is 0.470. The molecule has 1 aromatic heterocycles. The minimum Gasteiger partial charge on any atom is -0.457 e. The fourth-order valence-electron chi connectivity index (χ4n) is 4.17. The number of nitrogens with two attached hydrogens (primary N) is 1. The summed E-state index contributed by atoms with van der Waals surface area (Å²) < 4.78 is 44.6. The highest BCUT2D eigenvalue weighted by Crippen LogP contribution is 2.35. The lowest BCUT2D eigenvalue weighted by molar-refractivity contribution is -0.137. The van der Waals surface area contributed by atoms with Crippen LogP contribution >= 0.6 is 0 Å². The number of ether oxygens (including phenoxy) is 1. The number of nitrogens with zero attached hydrogens (tertiary/aromatic N) is 4. The van der Waals surface area contributed by atoms with Crippen LogP contribution in [0.1, 0.15) is 18.4 Å². The second-order valence-corrected chi connectivity index (χ2v) is 9.09. The zero-order valence-electron chi connectivity index (χ0n) is 20.7. The van der Waals surface area contributed by atoms with Gasteiger partial charge in [-0.05, 0) is 48.7 Å². The van der Waals surface area contributed by atoms with Crippen LogP contribution in [0.15, 0.2) is 67.0 Å². The number of alkyl halides is 3. The summed E-state index contributed by atoms with van der Waals surface area (Å²) in [5, 5.41) is 23.1. The van der Waals surface area contributed by atoms with Crippen LogP contribution in [-0.2, 0) is 11.0 Å². The van der Waals surface area contributed by atoms with Crippen molar-refractivity contribution in [3.8, 4) is 28.7 Å². The number of nitriles is 1. The first-order chi connectivity index (χ1) is 18.5. The molecular weight excluding hydrogens is 513 g/mol. The van der Waals surface area contributed by atoms with Gasteiger partial charge >= 0.3 is 6.18 Å². The van der Waals surface area contributed by atoms with E-state index in [4.69, 9.17) is 15.7 Å². The number of amides is 1. The van der Waals surface area contributed by atoms with E-state index in [0.29, 0.717) is 22.7 Å². The van der Waals surface area contributed by atoms with Crippen LogP contribution in [0.25, 0.3) is 11.1 Å². The highest BCUT2D eigenvalue weighted by atomic mass is 19.4. The van der Waals surface area contributed by atoms with Gasteiger partial charge in [0.25, 0.3) is 5.91 Å². The molecule has 2 heterocycles. The van der Waals surface area contributed by atoms with E-state index in [9.17, 15) is 23.1 Å². The van der Waals surface area contributed by atoms with E-state index in [1.807, 2.05) is 0 Å². The summed E-state index contributed by atoms with van der Waals surface area (Å²) >= 11 is 0. The van der Waals surface area contributed by atoms with Gasteiger partial charge in [0.15, 0.2) is 0 Å². The predicted molar refractivity (Wildman–Crippen MR) is 137 cm³/mol. The number of carbonyl (C=O) groups excluding carboxylic acids is 1. The Bertz CT molecular complexity index is 1410. The molecule has 0 spiro atoms. The molecule has 202 valence electrons. The summed E-state index contributed by atoms with van der Waals surface area (Å²) in [6, 6.07) is 12.8. The SMILES string of the molecule is C=C(C#N)C(=O)N1CCC(O)(CNc2ncnc(N)c2-c2ccc(Oc3cccc(C(F)(F)F)c3)cc2)CC1. The molecule has 0 aliphatic carbocycles. The number of likely N-dealkylation sites (tertiary alicyclic amines) is 1. The Morgan fingerprint density at radius 2 is 1.87 bits per heavy atom. The smallest absolute Gasteiger partial charge is 0.416 e. The van der Waals surface area contributed by atoms with Gasteiger partial charge in [0.05, 0.1) is 16.7 Å². The number of aromatic nitrogens is 2. The highest BCUT2D eigenvalue weighted by Gasteiger charge is 2.35. The minimum absolute atomic E-state index is 0.0421. The molecule has 2 aromatic carbocycles. The number of benzene rings is 2. The largest absolute Gasteiger partial charge is 0.457 e. The third-order valence-electron chi connectivity index (χ3n) is 6.38. The third kappa shape index (κ3) is 6.45. The molecule has 0 saturated carbocycles. The molecule has 1 saturated heterocycles. The topological polar surface area (TPSA) is 137 Å². The van der Waals surface area contributed by atoms with Crippen molar-refractivity contribution in [1.29, 1.82) is 5.26 Å². The highest BCUT2D eigenvalue weighted by molar-refractivity contribution is 5.96. The quantitative estimate of drug-likeness (QED) is 0.298. The molecular formula is C27H25F3N6O3. The summed E-state index contributed by atoms with van der Waals surface area (Å²) in [6.45, 7) is 4.10. The van der Waals surface area contributed by atoms with Crippen molar-refractivity contribution in [2.75, 3.05) is 30.7 Å². The van der Waals surface area contributed by atoms with Crippen molar-refractivity contribution >= 4 is 17.5 Å². The van der Waals surface area contributed by atoms with Crippen LogP contribution in [0, 0.1) is 11.3 Å².